The standard InChI is InChI=1S/C60H41N/c1-4-20-43(21-5-1)59(52-31-14-15-32-53(52)60(44-22-6-2-7-23-44)51-30-13-12-28-48(51)49-29-17-33-54(59)58(49)60)45-24-16-19-41(38-45)42-35-36-55-50(39-42)57-47-27-11-10-18-40(47)34-37-56(57)61(55)46-25-8-3-9-26-46/h1-15,17-23,25-39H,16,24H2. The van der Waals surface area contributed by atoms with E-state index in [1.54, 1.807) is 0 Å². The molecule has 13 rings (SSSR count). The van der Waals surface area contributed by atoms with Crippen molar-refractivity contribution >= 4 is 38.2 Å². The first-order chi connectivity index (χ1) is 30.3. The van der Waals surface area contributed by atoms with Crippen molar-refractivity contribution in [3.63, 3.8) is 0 Å². The maximum absolute atomic E-state index is 2.57. The fourth-order valence-corrected chi connectivity index (χ4v) is 11.9. The first kappa shape index (κ1) is 34.4. The highest BCUT2D eigenvalue weighted by molar-refractivity contribution is 6.21. The van der Waals surface area contributed by atoms with Crippen molar-refractivity contribution in [3.05, 3.63) is 275 Å². The van der Waals surface area contributed by atoms with Gasteiger partial charge in [-0.25, -0.2) is 0 Å². The van der Waals surface area contributed by atoms with E-state index in [2.05, 4.69) is 229 Å². The van der Waals surface area contributed by atoms with Crippen molar-refractivity contribution in [3.8, 4) is 16.8 Å². The van der Waals surface area contributed by atoms with E-state index in [1.165, 1.54) is 105 Å². The highest BCUT2D eigenvalue weighted by atomic mass is 15.0. The Morgan fingerprint density at radius 3 is 1.82 bits per heavy atom. The molecule has 0 amide bonds. The third-order valence-electron chi connectivity index (χ3n) is 14.2. The van der Waals surface area contributed by atoms with E-state index >= 15 is 0 Å². The molecule has 10 aromatic rings. The molecule has 0 bridgehead atoms. The molecule has 2 unspecified atom stereocenters. The summed E-state index contributed by atoms with van der Waals surface area (Å²) in [6.07, 6.45) is 6.97. The van der Waals surface area contributed by atoms with E-state index in [0.29, 0.717) is 0 Å². The molecule has 2 atom stereocenters. The Balaban J connectivity index is 1.09. The van der Waals surface area contributed by atoms with Crippen LogP contribution in [0.2, 0.25) is 0 Å². The second-order valence-electron chi connectivity index (χ2n) is 17.0. The monoisotopic (exact) mass is 775 g/mol. The summed E-state index contributed by atoms with van der Waals surface area (Å²) >= 11 is 0. The second kappa shape index (κ2) is 13.0. The number of rotatable bonds is 5. The summed E-state index contributed by atoms with van der Waals surface area (Å²) in [4.78, 5) is 0. The zero-order chi connectivity index (χ0) is 40.1. The van der Waals surface area contributed by atoms with Crippen LogP contribution in [0.3, 0.4) is 0 Å². The van der Waals surface area contributed by atoms with Gasteiger partial charge in [0.15, 0.2) is 0 Å². The summed E-state index contributed by atoms with van der Waals surface area (Å²) in [6.45, 7) is 0. The lowest BCUT2D eigenvalue weighted by atomic mass is 9.51. The second-order valence-corrected chi connectivity index (χ2v) is 17.0. The van der Waals surface area contributed by atoms with Gasteiger partial charge in [0.1, 0.15) is 0 Å². The Labute approximate surface area is 356 Å². The summed E-state index contributed by atoms with van der Waals surface area (Å²) in [5.41, 5.74) is 18.8. The lowest BCUT2D eigenvalue weighted by Crippen LogP contribution is -2.45. The van der Waals surface area contributed by atoms with E-state index in [1.807, 2.05) is 0 Å². The van der Waals surface area contributed by atoms with Crippen LogP contribution in [0.1, 0.15) is 57.3 Å². The zero-order valence-corrected chi connectivity index (χ0v) is 33.7. The van der Waals surface area contributed by atoms with E-state index in [0.717, 1.165) is 12.8 Å². The molecule has 0 saturated heterocycles. The van der Waals surface area contributed by atoms with Gasteiger partial charge in [0.25, 0.3) is 0 Å². The fourth-order valence-electron chi connectivity index (χ4n) is 11.9. The highest BCUT2D eigenvalue weighted by Gasteiger charge is 2.57. The number of fused-ring (bicyclic) bond motifs is 10. The Kier molecular flexibility index (Phi) is 7.33. The molecule has 0 aliphatic heterocycles. The SMILES string of the molecule is C1=C(c2ccc3c(c2)c2c4ccccc4ccc2n3-c2ccccc2)C=C(C2(c3ccccc3)c3ccccc3C3(c4ccccc4)c4ccccc4-c4cccc2c43)CC1. The molecule has 3 aliphatic carbocycles. The van der Waals surface area contributed by atoms with Gasteiger partial charge in [-0.2, -0.15) is 0 Å². The average Bonchev–Trinajstić information content (AvgIpc) is 3.84. The van der Waals surface area contributed by atoms with E-state index in [9.17, 15) is 0 Å². The number of para-hydroxylation sites is 1. The summed E-state index contributed by atoms with van der Waals surface area (Å²) < 4.78 is 2.44. The molecule has 0 spiro atoms. The third-order valence-corrected chi connectivity index (χ3v) is 14.2. The van der Waals surface area contributed by atoms with Crippen LogP contribution in [-0.2, 0) is 10.8 Å². The Morgan fingerprint density at radius 1 is 0.426 bits per heavy atom. The summed E-state index contributed by atoms with van der Waals surface area (Å²) in [5.74, 6) is 0. The molecule has 61 heavy (non-hydrogen) atoms. The van der Waals surface area contributed by atoms with Gasteiger partial charge in [-0.1, -0.05) is 194 Å². The van der Waals surface area contributed by atoms with Gasteiger partial charge in [0.05, 0.1) is 21.9 Å². The van der Waals surface area contributed by atoms with E-state index in [4.69, 9.17) is 0 Å². The summed E-state index contributed by atoms with van der Waals surface area (Å²) in [7, 11) is 0. The molecule has 0 N–H and O–H groups in total. The van der Waals surface area contributed by atoms with Crippen molar-refractivity contribution in [1.29, 1.82) is 0 Å². The van der Waals surface area contributed by atoms with Crippen LogP contribution in [0, 0.1) is 0 Å². The van der Waals surface area contributed by atoms with Gasteiger partial charge in [-0.15, -0.1) is 0 Å². The van der Waals surface area contributed by atoms with E-state index in [-0.39, 0.29) is 0 Å². The number of allylic oxidation sites excluding steroid dienone is 4. The normalized spacial score (nSPS) is 18.7. The molecule has 3 aliphatic rings. The molecule has 286 valence electrons. The largest absolute Gasteiger partial charge is 0.309 e. The van der Waals surface area contributed by atoms with Crippen LogP contribution in [0.15, 0.2) is 230 Å². The Hall–Kier alpha value is -7.48. The molecule has 1 heteroatoms. The zero-order valence-electron chi connectivity index (χ0n) is 33.7. The minimum atomic E-state index is -0.521. The van der Waals surface area contributed by atoms with Crippen molar-refractivity contribution in [1.82, 2.24) is 4.57 Å². The molecule has 0 radical (unpaired) electrons. The molecular weight excluding hydrogens is 735 g/mol. The maximum Gasteiger partial charge on any atom is 0.0720 e. The molecule has 1 heterocycles. The lowest BCUT2D eigenvalue weighted by molar-refractivity contribution is 0.598. The van der Waals surface area contributed by atoms with Crippen LogP contribution in [0.5, 0.6) is 0 Å². The predicted octanol–water partition coefficient (Wildman–Crippen LogP) is 14.8. The van der Waals surface area contributed by atoms with Gasteiger partial charge < -0.3 is 4.57 Å². The molecule has 1 aromatic heterocycles. The molecule has 0 saturated carbocycles. The number of benzene rings is 9. The molecule has 9 aromatic carbocycles. The van der Waals surface area contributed by atoms with Gasteiger partial charge in [0.2, 0.25) is 0 Å². The maximum atomic E-state index is 2.57. The van der Waals surface area contributed by atoms with Crippen molar-refractivity contribution < 1.29 is 0 Å². The van der Waals surface area contributed by atoms with Gasteiger partial charge in [-0.05, 0) is 121 Å². The number of aromatic nitrogens is 1. The molecule has 0 fully saturated rings. The minimum absolute atomic E-state index is 0.451. The minimum Gasteiger partial charge on any atom is -0.309 e. The lowest BCUT2D eigenvalue weighted by Gasteiger charge is -2.50. The number of hydrogen-bond acceptors (Lipinski definition) is 0. The van der Waals surface area contributed by atoms with Crippen LogP contribution in [0.25, 0.3) is 55.0 Å². The van der Waals surface area contributed by atoms with E-state index < -0.39 is 10.8 Å². The molecule has 1 nitrogen and oxygen atoms in total. The number of hydrogen-bond donors (Lipinski definition) is 0. The Morgan fingerprint density at radius 2 is 1.03 bits per heavy atom. The Bertz CT molecular complexity index is 3460. The van der Waals surface area contributed by atoms with Crippen LogP contribution in [0.4, 0.5) is 0 Å². The number of nitrogens with zero attached hydrogens (tertiary/aromatic N) is 1. The topological polar surface area (TPSA) is 4.93 Å². The van der Waals surface area contributed by atoms with Crippen molar-refractivity contribution in [2.75, 3.05) is 0 Å². The predicted molar refractivity (Wildman–Crippen MR) is 254 cm³/mol. The van der Waals surface area contributed by atoms with Gasteiger partial charge >= 0.3 is 0 Å². The third kappa shape index (κ3) is 4.56. The van der Waals surface area contributed by atoms with Crippen LogP contribution >= 0.6 is 0 Å². The van der Waals surface area contributed by atoms with Crippen molar-refractivity contribution in [2.45, 2.75) is 23.7 Å². The quantitative estimate of drug-likeness (QED) is 0.164. The van der Waals surface area contributed by atoms with Crippen LogP contribution in [-0.4, -0.2) is 4.57 Å². The summed E-state index contributed by atoms with van der Waals surface area (Å²) in [6, 6.07) is 79.8. The summed E-state index contributed by atoms with van der Waals surface area (Å²) in [5, 5.41) is 5.13. The first-order valence-electron chi connectivity index (χ1n) is 21.7. The highest BCUT2D eigenvalue weighted by Crippen LogP contribution is 2.66. The molecular formula is C60H41N. The average molecular weight is 776 g/mol. The smallest absolute Gasteiger partial charge is 0.0720 e. The van der Waals surface area contributed by atoms with Crippen molar-refractivity contribution in [2.24, 2.45) is 0 Å². The first-order valence-corrected chi connectivity index (χ1v) is 21.7. The van der Waals surface area contributed by atoms with Crippen LogP contribution < -0.4 is 0 Å². The van der Waals surface area contributed by atoms with Gasteiger partial charge in [-0.3, -0.25) is 0 Å². The van der Waals surface area contributed by atoms with Gasteiger partial charge in [0, 0.05) is 16.5 Å². The fraction of sp³-hybridized carbons (Fsp3) is 0.0667.